The normalized spacial score (nSPS) is 18.3. The number of rotatable bonds is 2. The number of aliphatic imine (C=N–C) groups is 1. The van der Waals surface area contributed by atoms with Gasteiger partial charge in [-0.2, -0.15) is 0 Å². The van der Waals surface area contributed by atoms with Crippen LogP contribution in [0.15, 0.2) is 4.99 Å². The van der Waals surface area contributed by atoms with Crippen LogP contribution >= 0.6 is 0 Å². The number of nitrogens with zero attached hydrogens (tertiary/aromatic N) is 1. The SMILES string of the molecule is NCCNC1=NCCOC1. The van der Waals surface area contributed by atoms with Gasteiger partial charge in [-0.25, -0.2) is 0 Å². The molecule has 3 N–H and O–H groups in total. The Morgan fingerprint density at radius 2 is 2.60 bits per heavy atom. The van der Waals surface area contributed by atoms with E-state index in [4.69, 9.17) is 10.5 Å². The summed E-state index contributed by atoms with van der Waals surface area (Å²) in [5.41, 5.74) is 5.29. The van der Waals surface area contributed by atoms with Crippen molar-refractivity contribution in [2.45, 2.75) is 0 Å². The Hall–Kier alpha value is -0.610. The number of nitrogens with two attached hydrogens (primary N) is 1. The summed E-state index contributed by atoms with van der Waals surface area (Å²) in [5, 5.41) is 3.07. The van der Waals surface area contributed by atoms with Gasteiger partial charge in [0.1, 0.15) is 12.4 Å². The fraction of sp³-hybridized carbons (Fsp3) is 0.833. The van der Waals surface area contributed by atoms with E-state index in [0.717, 1.165) is 25.5 Å². The Kier molecular flexibility index (Phi) is 3.18. The van der Waals surface area contributed by atoms with Gasteiger partial charge in [-0.1, -0.05) is 0 Å². The van der Waals surface area contributed by atoms with Crippen molar-refractivity contribution in [2.75, 3.05) is 32.8 Å². The van der Waals surface area contributed by atoms with Crippen molar-refractivity contribution in [3.8, 4) is 0 Å². The number of nitrogens with one attached hydrogen (secondary N) is 1. The highest BCUT2D eigenvalue weighted by Gasteiger charge is 2.02. The first-order chi connectivity index (χ1) is 4.93. The standard InChI is InChI=1S/C6H13N3O/c7-1-2-8-6-5-10-4-3-9-6/h1-5,7H2,(H,8,9). The van der Waals surface area contributed by atoms with Crippen LogP contribution in [0.4, 0.5) is 0 Å². The average molecular weight is 143 g/mol. The average Bonchev–Trinajstić information content (AvgIpc) is 2.03. The van der Waals surface area contributed by atoms with E-state index < -0.39 is 0 Å². The van der Waals surface area contributed by atoms with Crippen LogP contribution in [0.5, 0.6) is 0 Å². The van der Waals surface area contributed by atoms with E-state index >= 15 is 0 Å². The Bertz CT molecular complexity index is 124. The molecular weight excluding hydrogens is 130 g/mol. The lowest BCUT2D eigenvalue weighted by molar-refractivity contribution is 0.168. The molecule has 1 rings (SSSR count). The minimum Gasteiger partial charge on any atom is -0.372 e. The number of ether oxygens (including phenoxy) is 1. The quantitative estimate of drug-likeness (QED) is 0.519. The predicted molar refractivity (Wildman–Crippen MR) is 40.2 cm³/mol. The Balaban J connectivity index is 2.18. The van der Waals surface area contributed by atoms with Crippen molar-refractivity contribution >= 4 is 5.84 Å². The van der Waals surface area contributed by atoms with Crippen LogP contribution in [0.2, 0.25) is 0 Å². The van der Waals surface area contributed by atoms with Gasteiger partial charge in [-0.05, 0) is 0 Å². The van der Waals surface area contributed by atoms with E-state index in [1.54, 1.807) is 0 Å². The number of hydrogen-bond acceptors (Lipinski definition) is 4. The van der Waals surface area contributed by atoms with E-state index in [1.807, 2.05) is 0 Å². The van der Waals surface area contributed by atoms with Gasteiger partial charge in [0, 0.05) is 13.1 Å². The second kappa shape index (κ2) is 4.24. The maximum atomic E-state index is 5.29. The monoisotopic (exact) mass is 143 g/mol. The summed E-state index contributed by atoms with van der Waals surface area (Å²) < 4.78 is 5.15. The first-order valence-electron chi connectivity index (χ1n) is 3.48. The zero-order valence-electron chi connectivity index (χ0n) is 5.97. The van der Waals surface area contributed by atoms with E-state index in [2.05, 4.69) is 10.3 Å². The molecule has 0 aromatic carbocycles. The van der Waals surface area contributed by atoms with Gasteiger partial charge in [0.15, 0.2) is 0 Å². The summed E-state index contributed by atoms with van der Waals surface area (Å²) in [7, 11) is 0. The second-order valence-electron chi connectivity index (χ2n) is 2.10. The van der Waals surface area contributed by atoms with Crippen LogP contribution in [0.3, 0.4) is 0 Å². The molecule has 0 amide bonds. The van der Waals surface area contributed by atoms with Gasteiger partial charge in [-0.3, -0.25) is 4.99 Å². The first-order valence-corrected chi connectivity index (χ1v) is 3.48. The lowest BCUT2D eigenvalue weighted by atomic mass is 10.5. The van der Waals surface area contributed by atoms with Crippen molar-refractivity contribution < 1.29 is 4.74 Å². The smallest absolute Gasteiger partial charge is 0.123 e. The maximum absolute atomic E-state index is 5.29. The molecule has 1 aliphatic rings. The Morgan fingerprint density at radius 1 is 1.70 bits per heavy atom. The van der Waals surface area contributed by atoms with Gasteiger partial charge in [-0.15, -0.1) is 0 Å². The molecule has 0 spiro atoms. The van der Waals surface area contributed by atoms with Crippen LogP contribution < -0.4 is 11.1 Å². The zero-order valence-corrected chi connectivity index (χ0v) is 5.97. The molecule has 0 aromatic heterocycles. The van der Waals surface area contributed by atoms with Crippen molar-refractivity contribution in [1.82, 2.24) is 5.32 Å². The predicted octanol–water partition coefficient (Wildman–Crippen LogP) is -1.04. The molecule has 10 heavy (non-hydrogen) atoms. The van der Waals surface area contributed by atoms with Gasteiger partial charge in [0.25, 0.3) is 0 Å². The number of amidine groups is 1. The molecule has 0 atom stereocenters. The van der Waals surface area contributed by atoms with Crippen LogP contribution in [0.25, 0.3) is 0 Å². The van der Waals surface area contributed by atoms with Crippen LogP contribution in [0, 0.1) is 0 Å². The summed E-state index contributed by atoms with van der Waals surface area (Å²) in [5.74, 6) is 0.928. The molecule has 4 nitrogen and oxygen atoms in total. The summed E-state index contributed by atoms with van der Waals surface area (Å²) >= 11 is 0. The highest BCUT2D eigenvalue weighted by atomic mass is 16.5. The minimum atomic E-state index is 0.611. The fourth-order valence-corrected chi connectivity index (χ4v) is 0.783. The summed E-state index contributed by atoms with van der Waals surface area (Å²) in [6, 6.07) is 0. The maximum Gasteiger partial charge on any atom is 0.123 e. The van der Waals surface area contributed by atoms with Gasteiger partial charge in [0.05, 0.1) is 13.2 Å². The van der Waals surface area contributed by atoms with Crippen LogP contribution in [-0.4, -0.2) is 38.7 Å². The molecule has 0 saturated heterocycles. The zero-order chi connectivity index (χ0) is 7.23. The molecule has 0 radical (unpaired) electrons. The number of hydrogen-bond donors (Lipinski definition) is 2. The molecule has 58 valence electrons. The van der Waals surface area contributed by atoms with Gasteiger partial charge in [0.2, 0.25) is 0 Å². The van der Waals surface area contributed by atoms with Crippen molar-refractivity contribution in [1.29, 1.82) is 0 Å². The van der Waals surface area contributed by atoms with Crippen molar-refractivity contribution in [2.24, 2.45) is 10.7 Å². The highest BCUT2D eigenvalue weighted by Crippen LogP contribution is 1.87. The lowest BCUT2D eigenvalue weighted by Crippen LogP contribution is -2.35. The van der Waals surface area contributed by atoms with E-state index in [1.165, 1.54) is 0 Å². The highest BCUT2D eigenvalue weighted by molar-refractivity contribution is 5.83. The molecule has 0 unspecified atom stereocenters. The van der Waals surface area contributed by atoms with E-state index in [-0.39, 0.29) is 0 Å². The lowest BCUT2D eigenvalue weighted by Gasteiger charge is -2.13. The Morgan fingerprint density at radius 3 is 3.20 bits per heavy atom. The topological polar surface area (TPSA) is 59.6 Å². The van der Waals surface area contributed by atoms with Crippen molar-refractivity contribution in [3.05, 3.63) is 0 Å². The first kappa shape index (κ1) is 7.50. The van der Waals surface area contributed by atoms with Crippen LogP contribution in [0.1, 0.15) is 0 Å². The fourth-order valence-electron chi connectivity index (χ4n) is 0.783. The third-order valence-corrected chi connectivity index (χ3v) is 1.25. The molecular formula is C6H13N3O. The molecule has 1 heterocycles. The molecule has 0 bridgehead atoms. The molecule has 0 fully saturated rings. The second-order valence-corrected chi connectivity index (χ2v) is 2.10. The molecule has 0 saturated carbocycles. The molecule has 1 aliphatic heterocycles. The summed E-state index contributed by atoms with van der Waals surface area (Å²) in [4.78, 5) is 4.19. The van der Waals surface area contributed by atoms with Gasteiger partial charge >= 0.3 is 0 Å². The third-order valence-electron chi connectivity index (χ3n) is 1.25. The molecule has 4 heteroatoms. The van der Waals surface area contributed by atoms with E-state index in [9.17, 15) is 0 Å². The third kappa shape index (κ3) is 2.33. The molecule has 0 aliphatic carbocycles. The summed E-state index contributed by atoms with van der Waals surface area (Å²) in [6.45, 7) is 3.54. The van der Waals surface area contributed by atoms with Gasteiger partial charge < -0.3 is 15.8 Å². The largest absolute Gasteiger partial charge is 0.372 e. The molecule has 0 aromatic rings. The summed E-state index contributed by atoms with van der Waals surface area (Å²) in [6.07, 6.45) is 0. The Labute approximate surface area is 60.5 Å². The van der Waals surface area contributed by atoms with Crippen molar-refractivity contribution in [3.63, 3.8) is 0 Å². The van der Waals surface area contributed by atoms with E-state index in [0.29, 0.717) is 13.2 Å². The minimum absolute atomic E-state index is 0.611. The van der Waals surface area contributed by atoms with Crippen LogP contribution in [-0.2, 0) is 4.74 Å².